The van der Waals surface area contributed by atoms with Crippen molar-refractivity contribution in [2.24, 2.45) is 0 Å². The van der Waals surface area contributed by atoms with E-state index in [2.05, 4.69) is 11.7 Å². The Hall–Kier alpha value is -2.63. The predicted octanol–water partition coefficient (Wildman–Crippen LogP) is 2.49. The second-order valence-electron chi connectivity index (χ2n) is 3.91. The normalized spacial score (nSPS) is 10.2. The Kier molecular flexibility index (Phi) is 3.61. The molecule has 1 aromatic carbocycles. The van der Waals surface area contributed by atoms with Crippen molar-refractivity contribution in [1.29, 1.82) is 0 Å². The highest BCUT2D eigenvalue weighted by atomic mass is 16.6. The minimum Gasteiger partial charge on any atom is -0.497 e. The summed E-state index contributed by atoms with van der Waals surface area (Å²) in [4.78, 5) is 10.3. The van der Waals surface area contributed by atoms with Crippen LogP contribution in [0.4, 0.5) is 5.82 Å². The minimum absolute atomic E-state index is 0.177. The van der Waals surface area contributed by atoms with Gasteiger partial charge in [0.2, 0.25) is 0 Å². The Labute approximate surface area is 110 Å². The van der Waals surface area contributed by atoms with Crippen LogP contribution in [0, 0.1) is 10.1 Å². The molecule has 1 aromatic heterocycles. The van der Waals surface area contributed by atoms with Gasteiger partial charge in [0.25, 0.3) is 0 Å². The molecule has 0 spiro atoms. The van der Waals surface area contributed by atoms with E-state index in [-0.39, 0.29) is 5.82 Å². The number of hydrogen-bond donors (Lipinski definition) is 0. The topological polar surface area (TPSA) is 70.2 Å². The monoisotopic (exact) mass is 259 g/mol. The molecule has 0 saturated heterocycles. The molecule has 1 heterocycles. The summed E-state index contributed by atoms with van der Waals surface area (Å²) in [6.07, 6.45) is 3.03. The first kappa shape index (κ1) is 12.8. The number of rotatable bonds is 5. The fourth-order valence-electron chi connectivity index (χ4n) is 1.71. The summed E-state index contributed by atoms with van der Waals surface area (Å²) in [7, 11) is 1.60. The first-order chi connectivity index (χ1) is 9.13. The van der Waals surface area contributed by atoms with Gasteiger partial charge in [-0.25, -0.2) is 0 Å². The molecule has 0 aliphatic rings. The predicted molar refractivity (Wildman–Crippen MR) is 71.1 cm³/mol. The zero-order valence-corrected chi connectivity index (χ0v) is 10.4. The molecule has 0 aliphatic carbocycles. The lowest BCUT2D eigenvalue weighted by molar-refractivity contribution is -0.390. The van der Waals surface area contributed by atoms with Gasteiger partial charge in [-0.1, -0.05) is 24.8 Å². The molecule has 6 nitrogen and oxygen atoms in total. The van der Waals surface area contributed by atoms with Crippen molar-refractivity contribution in [3.8, 4) is 5.75 Å². The highest BCUT2D eigenvalue weighted by Crippen LogP contribution is 2.18. The van der Waals surface area contributed by atoms with Crippen molar-refractivity contribution < 1.29 is 9.66 Å². The Balaban J connectivity index is 2.22. The lowest BCUT2D eigenvalue weighted by Crippen LogP contribution is -2.01. The van der Waals surface area contributed by atoms with Gasteiger partial charge >= 0.3 is 5.82 Å². The van der Waals surface area contributed by atoms with Crippen LogP contribution in [0.25, 0.3) is 6.08 Å². The van der Waals surface area contributed by atoms with Crippen molar-refractivity contribution in [2.45, 2.75) is 6.54 Å². The molecular weight excluding hydrogens is 246 g/mol. The summed E-state index contributed by atoms with van der Waals surface area (Å²) >= 11 is 0. The van der Waals surface area contributed by atoms with Gasteiger partial charge < -0.3 is 14.9 Å². The lowest BCUT2D eigenvalue weighted by atomic mass is 10.2. The standard InChI is InChI=1S/C13H13N3O3/c1-3-11-9-15(14-13(11)16(17)18)8-10-4-6-12(19-2)7-5-10/h3-7,9H,1,8H2,2H3. The van der Waals surface area contributed by atoms with Gasteiger partial charge in [0.05, 0.1) is 30.5 Å². The van der Waals surface area contributed by atoms with Gasteiger partial charge in [0, 0.05) is 0 Å². The van der Waals surface area contributed by atoms with E-state index in [1.165, 1.54) is 10.8 Å². The molecule has 98 valence electrons. The van der Waals surface area contributed by atoms with Gasteiger partial charge in [-0.05, 0) is 22.6 Å². The summed E-state index contributed by atoms with van der Waals surface area (Å²) < 4.78 is 6.59. The summed E-state index contributed by atoms with van der Waals surface area (Å²) in [6, 6.07) is 7.45. The van der Waals surface area contributed by atoms with Crippen LogP contribution in [0.1, 0.15) is 11.1 Å². The zero-order chi connectivity index (χ0) is 13.8. The summed E-state index contributed by atoms with van der Waals surface area (Å²) in [5.74, 6) is 0.588. The van der Waals surface area contributed by atoms with E-state index < -0.39 is 4.92 Å². The van der Waals surface area contributed by atoms with Crippen LogP contribution >= 0.6 is 0 Å². The van der Waals surface area contributed by atoms with Gasteiger partial charge in [0.15, 0.2) is 0 Å². The number of ether oxygens (including phenoxy) is 1. The molecule has 0 saturated carbocycles. The third kappa shape index (κ3) is 2.79. The minimum atomic E-state index is -0.512. The molecule has 19 heavy (non-hydrogen) atoms. The lowest BCUT2D eigenvalue weighted by Gasteiger charge is -2.01. The molecule has 2 aromatic rings. The maximum Gasteiger partial charge on any atom is 0.397 e. The summed E-state index contributed by atoms with van der Waals surface area (Å²) in [5, 5.41) is 14.7. The maximum absolute atomic E-state index is 10.8. The van der Waals surface area contributed by atoms with Crippen molar-refractivity contribution in [3.63, 3.8) is 0 Å². The van der Waals surface area contributed by atoms with Crippen LogP contribution in [-0.4, -0.2) is 21.8 Å². The van der Waals surface area contributed by atoms with Gasteiger partial charge in [-0.3, -0.25) is 0 Å². The number of nitrogens with zero attached hydrogens (tertiary/aromatic N) is 3. The molecule has 0 atom stereocenters. The fraction of sp³-hybridized carbons (Fsp3) is 0.154. The third-order valence-corrected chi connectivity index (χ3v) is 2.67. The molecule has 0 unspecified atom stereocenters. The van der Waals surface area contributed by atoms with E-state index in [0.717, 1.165) is 11.3 Å². The van der Waals surface area contributed by atoms with E-state index in [9.17, 15) is 10.1 Å². The fourth-order valence-corrected chi connectivity index (χ4v) is 1.71. The van der Waals surface area contributed by atoms with E-state index in [0.29, 0.717) is 12.1 Å². The molecule has 0 amide bonds. The Bertz CT molecular complexity index is 602. The van der Waals surface area contributed by atoms with Crippen LogP contribution in [0.2, 0.25) is 0 Å². The highest BCUT2D eigenvalue weighted by Gasteiger charge is 2.18. The average molecular weight is 259 g/mol. The average Bonchev–Trinajstić information content (AvgIpc) is 2.83. The van der Waals surface area contributed by atoms with Gasteiger partial charge in [0.1, 0.15) is 5.75 Å². The van der Waals surface area contributed by atoms with E-state index in [4.69, 9.17) is 4.74 Å². The molecule has 0 aliphatic heterocycles. The van der Waals surface area contributed by atoms with Gasteiger partial charge in [-0.15, -0.1) is 0 Å². The number of methoxy groups -OCH3 is 1. The van der Waals surface area contributed by atoms with E-state index in [1.807, 2.05) is 24.3 Å². The Morgan fingerprint density at radius 3 is 2.63 bits per heavy atom. The van der Waals surface area contributed by atoms with Gasteiger partial charge in [-0.2, -0.15) is 4.68 Å². The number of aromatic nitrogens is 2. The number of benzene rings is 1. The first-order valence-corrected chi connectivity index (χ1v) is 5.61. The largest absolute Gasteiger partial charge is 0.497 e. The Morgan fingerprint density at radius 1 is 1.47 bits per heavy atom. The number of hydrogen-bond acceptors (Lipinski definition) is 4. The zero-order valence-electron chi connectivity index (χ0n) is 10.4. The summed E-state index contributed by atoms with van der Waals surface area (Å²) in [5.41, 5.74) is 1.40. The van der Waals surface area contributed by atoms with Crippen molar-refractivity contribution >= 4 is 11.9 Å². The quantitative estimate of drug-likeness (QED) is 0.611. The molecule has 0 bridgehead atoms. The third-order valence-electron chi connectivity index (χ3n) is 2.67. The molecule has 0 fully saturated rings. The van der Waals surface area contributed by atoms with E-state index >= 15 is 0 Å². The molecular formula is C13H13N3O3. The summed E-state index contributed by atoms with van der Waals surface area (Å²) in [6.45, 7) is 4.00. The van der Waals surface area contributed by atoms with Crippen LogP contribution in [0.3, 0.4) is 0 Å². The Morgan fingerprint density at radius 2 is 2.16 bits per heavy atom. The molecule has 0 radical (unpaired) electrons. The van der Waals surface area contributed by atoms with Crippen molar-refractivity contribution in [2.75, 3.05) is 7.11 Å². The van der Waals surface area contributed by atoms with Crippen LogP contribution in [0.5, 0.6) is 5.75 Å². The first-order valence-electron chi connectivity index (χ1n) is 5.61. The van der Waals surface area contributed by atoms with Crippen LogP contribution in [-0.2, 0) is 6.54 Å². The molecule has 2 rings (SSSR count). The smallest absolute Gasteiger partial charge is 0.397 e. The molecule has 0 N–H and O–H groups in total. The van der Waals surface area contributed by atoms with E-state index in [1.54, 1.807) is 13.3 Å². The SMILES string of the molecule is C=Cc1cn(Cc2ccc(OC)cc2)nc1[N+](=O)[O-]. The van der Waals surface area contributed by atoms with Crippen molar-refractivity contribution in [3.05, 3.63) is 58.3 Å². The van der Waals surface area contributed by atoms with Crippen LogP contribution < -0.4 is 4.74 Å². The van der Waals surface area contributed by atoms with Crippen molar-refractivity contribution in [1.82, 2.24) is 9.78 Å². The maximum atomic E-state index is 10.8. The molecule has 6 heteroatoms. The second kappa shape index (κ2) is 5.34. The highest BCUT2D eigenvalue weighted by molar-refractivity contribution is 5.55. The number of nitro groups is 1. The second-order valence-corrected chi connectivity index (χ2v) is 3.91. The van der Waals surface area contributed by atoms with Crippen LogP contribution in [0.15, 0.2) is 37.0 Å².